The Morgan fingerprint density at radius 1 is 1.47 bits per heavy atom. The van der Waals surface area contributed by atoms with Crippen LogP contribution in [0.4, 0.5) is 13.2 Å². The third-order valence-corrected chi connectivity index (χ3v) is 2.54. The molecule has 15 heavy (non-hydrogen) atoms. The minimum Gasteiger partial charge on any atom is -0.329 e. The quantitative estimate of drug-likeness (QED) is 0.783. The van der Waals surface area contributed by atoms with Crippen molar-refractivity contribution in [3.8, 4) is 0 Å². The van der Waals surface area contributed by atoms with Crippen LogP contribution in [0, 0.1) is 5.92 Å². The van der Waals surface area contributed by atoms with Crippen LogP contribution in [-0.2, 0) is 11.7 Å². The number of alkyl halides is 3. The number of nitrogens with zero attached hydrogens (tertiary/aromatic N) is 2. The number of halogens is 3. The SMILES string of the molecule is CC1CC(N)(c2noc(C(F)(F)F)n2)C1. The fourth-order valence-corrected chi connectivity index (χ4v) is 1.91. The average molecular weight is 221 g/mol. The van der Waals surface area contributed by atoms with Gasteiger partial charge in [-0.15, -0.1) is 0 Å². The minimum atomic E-state index is -4.60. The average Bonchev–Trinajstić information content (AvgIpc) is 2.47. The molecule has 0 spiro atoms. The maximum Gasteiger partial charge on any atom is 0.471 e. The molecular weight excluding hydrogens is 211 g/mol. The van der Waals surface area contributed by atoms with Gasteiger partial charge < -0.3 is 10.3 Å². The Hall–Kier alpha value is -1.11. The van der Waals surface area contributed by atoms with Gasteiger partial charge in [0.1, 0.15) is 0 Å². The second-order valence-electron chi connectivity index (χ2n) is 4.09. The Labute approximate surface area is 83.6 Å². The van der Waals surface area contributed by atoms with Crippen LogP contribution in [0.2, 0.25) is 0 Å². The van der Waals surface area contributed by atoms with Gasteiger partial charge in [-0.2, -0.15) is 18.2 Å². The van der Waals surface area contributed by atoms with Crippen molar-refractivity contribution in [1.29, 1.82) is 0 Å². The number of rotatable bonds is 1. The number of hydrogen-bond donors (Lipinski definition) is 1. The van der Waals surface area contributed by atoms with Gasteiger partial charge in [0.05, 0.1) is 5.54 Å². The molecule has 4 nitrogen and oxygen atoms in total. The van der Waals surface area contributed by atoms with Gasteiger partial charge in [-0.3, -0.25) is 0 Å². The predicted molar refractivity (Wildman–Crippen MR) is 43.6 cm³/mol. The first kappa shape index (κ1) is 10.4. The molecule has 0 saturated heterocycles. The fourth-order valence-electron chi connectivity index (χ4n) is 1.91. The number of nitrogens with two attached hydrogens (primary N) is 1. The zero-order valence-corrected chi connectivity index (χ0v) is 8.01. The largest absolute Gasteiger partial charge is 0.471 e. The van der Waals surface area contributed by atoms with Gasteiger partial charge in [0, 0.05) is 0 Å². The first-order chi connectivity index (χ1) is 6.81. The normalized spacial score (nSPS) is 31.4. The summed E-state index contributed by atoms with van der Waals surface area (Å²) in [5.74, 6) is -0.988. The standard InChI is InChI=1S/C8H10F3N3O/c1-4-2-7(12,3-4)5-13-6(15-14-5)8(9,10)11/h4H,2-3,12H2,1H3. The van der Waals surface area contributed by atoms with E-state index < -0.39 is 17.6 Å². The molecule has 0 aromatic carbocycles. The second kappa shape index (κ2) is 2.94. The molecule has 1 aromatic rings. The molecule has 2 rings (SSSR count). The topological polar surface area (TPSA) is 64.9 Å². The Morgan fingerprint density at radius 3 is 2.47 bits per heavy atom. The fraction of sp³-hybridized carbons (Fsp3) is 0.750. The summed E-state index contributed by atoms with van der Waals surface area (Å²) in [5.41, 5.74) is 4.98. The van der Waals surface area contributed by atoms with E-state index in [1.54, 1.807) is 0 Å². The first-order valence-corrected chi connectivity index (χ1v) is 4.51. The van der Waals surface area contributed by atoms with E-state index in [-0.39, 0.29) is 5.82 Å². The van der Waals surface area contributed by atoms with Crippen LogP contribution in [0.15, 0.2) is 4.52 Å². The summed E-state index contributed by atoms with van der Waals surface area (Å²) in [6.07, 6.45) is -3.43. The van der Waals surface area contributed by atoms with E-state index in [2.05, 4.69) is 14.7 Å². The highest BCUT2D eigenvalue weighted by Gasteiger charge is 2.46. The van der Waals surface area contributed by atoms with Gasteiger partial charge in [-0.1, -0.05) is 12.1 Å². The van der Waals surface area contributed by atoms with Crippen molar-refractivity contribution in [2.45, 2.75) is 31.5 Å². The van der Waals surface area contributed by atoms with Crippen LogP contribution in [0.3, 0.4) is 0 Å². The van der Waals surface area contributed by atoms with Crippen LogP contribution in [0.5, 0.6) is 0 Å². The van der Waals surface area contributed by atoms with Crippen LogP contribution >= 0.6 is 0 Å². The molecule has 0 aliphatic heterocycles. The summed E-state index contributed by atoms with van der Waals surface area (Å²) in [7, 11) is 0. The molecule has 1 aromatic heterocycles. The summed E-state index contributed by atoms with van der Waals surface area (Å²) in [5, 5.41) is 3.28. The highest BCUT2D eigenvalue weighted by molar-refractivity contribution is 5.11. The third-order valence-electron chi connectivity index (χ3n) is 2.54. The van der Waals surface area contributed by atoms with E-state index in [4.69, 9.17) is 5.73 Å². The summed E-state index contributed by atoms with van der Waals surface area (Å²) >= 11 is 0. The first-order valence-electron chi connectivity index (χ1n) is 4.51. The van der Waals surface area contributed by atoms with Crippen LogP contribution in [-0.4, -0.2) is 10.1 Å². The van der Waals surface area contributed by atoms with Crippen molar-refractivity contribution in [3.05, 3.63) is 11.7 Å². The lowest BCUT2D eigenvalue weighted by molar-refractivity contribution is -0.159. The maximum atomic E-state index is 12.2. The monoisotopic (exact) mass is 221 g/mol. The number of aromatic nitrogens is 2. The van der Waals surface area contributed by atoms with Gasteiger partial charge >= 0.3 is 12.1 Å². The molecular formula is C8H10F3N3O. The molecule has 0 atom stereocenters. The number of hydrogen-bond acceptors (Lipinski definition) is 4. The van der Waals surface area contributed by atoms with E-state index in [1.165, 1.54) is 0 Å². The van der Waals surface area contributed by atoms with Crippen LogP contribution < -0.4 is 5.73 Å². The Morgan fingerprint density at radius 2 is 2.07 bits per heavy atom. The van der Waals surface area contributed by atoms with Gasteiger partial charge in [-0.25, -0.2) is 0 Å². The maximum absolute atomic E-state index is 12.2. The van der Waals surface area contributed by atoms with E-state index >= 15 is 0 Å². The molecule has 1 aliphatic carbocycles. The van der Waals surface area contributed by atoms with Gasteiger partial charge in [0.2, 0.25) is 0 Å². The molecule has 1 aliphatic rings. The van der Waals surface area contributed by atoms with Crippen molar-refractivity contribution in [2.75, 3.05) is 0 Å². The molecule has 84 valence electrons. The highest BCUT2D eigenvalue weighted by atomic mass is 19.4. The molecule has 1 fully saturated rings. The highest BCUT2D eigenvalue weighted by Crippen LogP contribution is 2.42. The van der Waals surface area contributed by atoms with Crippen molar-refractivity contribution < 1.29 is 17.7 Å². The predicted octanol–water partition coefficient (Wildman–Crippen LogP) is 1.67. The van der Waals surface area contributed by atoms with E-state index in [0.717, 1.165) is 0 Å². The molecule has 2 N–H and O–H groups in total. The van der Waals surface area contributed by atoms with Crippen LogP contribution in [0.25, 0.3) is 0 Å². The van der Waals surface area contributed by atoms with Gasteiger partial charge in [0.25, 0.3) is 0 Å². The Balaban J connectivity index is 2.21. The molecule has 1 heterocycles. The summed E-state index contributed by atoms with van der Waals surface area (Å²) in [6, 6.07) is 0. The van der Waals surface area contributed by atoms with Crippen molar-refractivity contribution in [3.63, 3.8) is 0 Å². The summed E-state index contributed by atoms with van der Waals surface area (Å²) < 4.78 is 40.6. The molecule has 1 saturated carbocycles. The molecule has 0 unspecified atom stereocenters. The van der Waals surface area contributed by atoms with E-state index in [1.807, 2.05) is 6.92 Å². The minimum absolute atomic E-state index is 0.0482. The molecule has 7 heteroatoms. The Kier molecular flexibility index (Phi) is 2.04. The second-order valence-corrected chi connectivity index (χ2v) is 4.09. The van der Waals surface area contributed by atoms with Crippen molar-refractivity contribution in [2.24, 2.45) is 11.7 Å². The lowest BCUT2D eigenvalue weighted by atomic mass is 9.69. The third kappa shape index (κ3) is 1.71. The zero-order valence-electron chi connectivity index (χ0n) is 8.01. The van der Waals surface area contributed by atoms with Gasteiger partial charge in [-0.05, 0) is 18.8 Å². The Bertz CT molecular complexity index is 367. The lowest BCUT2D eigenvalue weighted by Crippen LogP contribution is -2.48. The van der Waals surface area contributed by atoms with E-state index in [0.29, 0.717) is 18.8 Å². The molecule has 0 radical (unpaired) electrons. The molecule has 0 amide bonds. The van der Waals surface area contributed by atoms with Crippen molar-refractivity contribution >= 4 is 0 Å². The summed E-state index contributed by atoms with van der Waals surface area (Å²) in [6.45, 7) is 1.97. The van der Waals surface area contributed by atoms with E-state index in [9.17, 15) is 13.2 Å². The van der Waals surface area contributed by atoms with Crippen LogP contribution in [0.1, 0.15) is 31.5 Å². The zero-order chi connectivity index (χ0) is 11.3. The summed E-state index contributed by atoms with van der Waals surface area (Å²) in [4.78, 5) is 3.28. The molecule has 0 bridgehead atoms. The lowest BCUT2D eigenvalue weighted by Gasteiger charge is -2.40. The van der Waals surface area contributed by atoms with Crippen molar-refractivity contribution in [1.82, 2.24) is 10.1 Å². The smallest absolute Gasteiger partial charge is 0.329 e. The van der Waals surface area contributed by atoms with Gasteiger partial charge in [0.15, 0.2) is 5.82 Å².